The molecular weight excluding hydrogens is 286 g/mol. The van der Waals surface area contributed by atoms with E-state index in [2.05, 4.69) is 31.3 Å². The van der Waals surface area contributed by atoms with Crippen LogP contribution in [-0.2, 0) is 13.5 Å². The lowest BCUT2D eigenvalue weighted by Gasteiger charge is -2.03. The zero-order chi connectivity index (χ0) is 12.4. The van der Waals surface area contributed by atoms with Crippen molar-refractivity contribution in [3.05, 3.63) is 34.1 Å². The molecule has 0 unspecified atom stereocenters. The average molecular weight is 296 g/mol. The number of rotatable bonds is 3. The van der Waals surface area contributed by atoms with Gasteiger partial charge in [0.05, 0.1) is 13.5 Å². The van der Waals surface area contributed by atoms with Crippen LogP contribution in [0.3, 0.4) is 0 Å². The SMILES string of the molecule is Cn1nnc(CC(=O)c2ccc(Br)cc2N)n1. The minimum absolute atomic E-state index is 0.0969. The number of benzene rings is 1. The van der Waals surface area contributed by atoms with Gasteiger partial charge in [0, 0.05) is 15.7 Å². The second-order valence-electron chi connectivity index (χ2n) is 3.53. The second-order valence-corrected chi connectivity index (χ2v) is 4.44. The van der Waals surface area contributed by atoms with Crippen LogP contribution in [0, 0.1) is 0 Å². The Hall–Kier alpha value is -1.76. The molecule has 1 aromatic carbocycles. The zero-order valence-electron chi connectivity index (χ0n) is 9.09. The van der Waals surface area contributed by atoms with E-state index in [1.54, 1.807) is 25.2 Å². The summed E-state index contributed by atoms with van der Waals surface area (Å²) in [5.41, 5.74) is 6.68. The topological polar surface area (TPSA) is 86.7 Å². The number of tetrazole rings is 1. The Balaban J connectivity index is 2.20. The van der Waals surface area contributed by atoms with Crippen LogP contribution in [0.15, 0.2) is 22.7 Å². The van der Waals surface area contributed by atoms with E-state index in [1.807, 2.05) is 0 Å². The number of carbonyl (C=O) groups excluding carboxylic acids is 1. The van der Waals surface area contributed by atoms with Crippen LogP contribution in [0.25, 0.3) is 0 Å². The lowest BCUT2D eigenvalue weighted by molar-refractivity contribution is 0.0991. The van der Waals surface area contributed by atoms with Crippen LogP contribution in [0.2, 0.25) is 0 Å². The molecule has 0 radical (unpaired) electrons. The third-order valence-corrected chi connectivity index (χ3v) is 2.68. The van der Waals surface area contributed by atoms with Crippen molar-refractivity contribution in [3.63, 3.8) is 0 Å². The van der Waals surface area contributed by atoms with Gasteiger partial charge < -0.3 is 5.73 Å². The van der Waals surface area contributed by atoms with Crippen LogP contribution >= 0.6 is 15.9 Å². The number of halogens is 1. The molecule has 7 heteroatoms. The quantitative estimate of drug-likeness (QED) is 0.674. The first-order chi connectivity index (χ1) is 8.06. The fraction of sp³-hybridized carbons (Fsp3) is 0.200. The molecule has 1 aromatic heterocycles. The molecule has 0 saturated carbocycles. The van der Waals surface area contributed by atoms with Crippen LogP contribution in [0.4, 0.5) is 5.69 Å². The predicted octanol–water partition coefficient (Wildman–Crippen LogP) is 0.980. The molecule has 17 heavy (non-hydrogen) atoms. The number of aryl methyl sites for hydroxylation is 1. The molecule has 0 spiro atoms. The molecule has 0 aliphatic rings. The number of anilines is 1. The highest BCUT2D eigenvalue weighted by Crippen LogP contribution is 2.19. The molecule has 0 amide bonds. The van der Waals surface area contributed by atoms with Crippen molar-refractivity contribution >= 4 is 27.4 Å². The molecule has 0 fully saturated rings. The summed E-state index contributed by atoms with van der Waals surface area (Å²) in [5, 5.41) is 11.4. The van der Waals surface area contributed by atoms with Crippen molar-refractivity contribution in [1.29, 1.82) is 0 Å². The van der Waals surface area contributed by atoms with Crippen molar-refractivity contribution in [1.82, 2.24) is 20.2 Å². The van der Waals surface area contributed by atoms with E-state index in [4.69, 9.17) is 5.73 Å². The number of hydrogen-bond acceptors (Lipinski definition) is 5. The van der Waals surface area contributed by atoms with E-state index in [1.165, 1.54) is 4.80 Å². The largest absolute Gasteiger partial charge is 0.398 e. The molecule has 1 heterocycles. The van der Waals surface area contributed by atoms with Crippen molar-refractivity contribution in [2.24, 2.45) is 7.05 Å². The maximum Gasteiger partial charge on any atom is 0.182 e. The molecule has 0 aliphatic heterocycles. The van der Waals surface area contributed by atoms with Gasteiger partial charge in [0.25, 0.3) is 0 Å². The summed E-state index contributed by atoms with van der Waals surface area (Å²) in [6.07, 6.45) is 0.0969. The maximum atomic E-state index is 11.9. The van der Waals surface area contributed by atoms with Gasteiger partial charge in [0.15, 0.2) is 11.6 Å². The van der Waals surface area contributed by atoms with Crippen molar-refractivity contribution in [3.8, 4) is 0 Å². The summed E-state index contributed by atoms with van der Waals surface area (Å²) in [6, 6.07) is 5.14. The van der Waals surface area contributed by atoms with Crippen LogP contribution in [0.5, 0.6) is 0 Å². The van der Waals surface area contributed by atoms with Gasteiger partial charge >= 0.3 is 0 Å². The second kappa shape index (κ2) is 4.62. The Bertz CT molecular complexity index is 566. The fourth-order valence-corrected chi connectivity index (χ4v) is 1.80. The van der Waals surface area contributed by atoms with E-state index in [9.17, 15) is 4.79 Å². The Labute approximate surface area is 106 Å². The van der Waals surface area contributed by atoms with Crippen LogP contribution < -0.4 is 5.73 Å². The highest BCUT2D eigenvalue weighted by atomic mass is 79.9. The fourth-order valence-electron chi connectivity index (χ4n) is 1.42. The number of carbonyl (C=O) groups is 1. The predicted molar refractivity (Wildman–Crippen MR) is 65.4 cm³/mol. The summed E-state index contributed by atoms with van der Waals surface area (Å²) < 4.78 is 0.837. The molecule has 0 saturated heterocycles. The molecule has 2 N–H and O–H groups in total. The maximum absolute atomic E-state index is 11.9. The Morgan fingerprint density at radius 2 is 2.29 bits per heavy atom. The molecule has 2 aromatic rings. The first-order valence-electron chi connectivity index (χ1n) is 4.87. The Kier molecular flexibility index (Phi) is 3.19. The summed E-state index contributed by atoms with van der Waals surface area (Å²) >= 11 is 3.29. The monoisotopic (exact) mass is 295 g/mol. The molecular formula is C10H10BrN5O. The first kappa shape index (κ1) is 11.7. The van der Waals surface area contributed by atoms with E-state index in [-0.39, 0.29) is 12.2 Å². The molecule has 0 bridgehead atoms. The molecule has 6 nitrogen and oxygen atoms in total. The average Bonchev–Trinajstić information content (AvgIpc) is 2.63. The first-order valence-corrected chi connectivity index (χ1v) is 5.66. The van der Waals surface area contributed by atoms with Crippen LogP contribution in [0.1, 0.15) is 16.2 Å². The number of ketones is 1. The highest BCUT2D eigenvalue weighted by molar-refractivity contribution is 9.10. The highest BCUT2D eigenvalue weighted by Gasteiger charge is 2.13. The third kappa shape index (κ3) is 2.68. The summed E-state index contributed by atoms with van der Waals surface area (Å²) in [5.74, 6) is 0.266. The zero-order valence-corrected chi connectivity index (χ0v) is 10.7. The van der Waals surface area contributed by atoms with Gasteiger partial charge in [-0.1, -0.05) is 15.9 Å². The van der Waals surface area contributed by atoms with Gasteiger partial charge in [0.2, 0.25) is 0 Å². The van der Waals surface area contributed by atoms with E-state index >= 15 is 0 Å². The Morgan fingerprint density at radius 1 is 1.53 bits per heavy atom. The number of Topliss-reactive ketones (excluding diaryl/α,β-unsaturated/α-hetero) is 1. The molecule has 2 rings (SSSR count). The minimum atomic E-state index is -0.122. The van der Waals surface area contributed by atoms with Crippen molar-refractivity contribution < 1.29 is 4.79 Å². The van der Waals surface area contributed by atoms with Gasteiger partial charge in [-0.2, -0.15) is 4.80 Å². The summed E-state index contributed by atoms with van der Waals surface area (Å²) in [6.45, 7) is 0. The van der Waals surface area contributed by atoms with Crippen molar-refractivity contribution in [2.45, 2.75) is 6.42 Å². The van der Waals surface area contributed by atoms with Crippen LogP contribution in [-0.4, -0.2) is 26.0 Å². The molecule has 0 aliphatic carbocycles. The van der Waals surface area contributed by atoms with E-state index < -0.39 is 0 Å². The van der Waals surface area contributed by atoms with Gasteiger partial charge in [-0.25, -0.2) is 0 Å². The lowest BCUT2D eigenvalue weighted by atomic mass is 10.1. The van der Waals surface area contributed by atoms with E-state index in [0.717, 1.165) is 4.47 Å². The molecule has 88 valence electrons. The molecule has 0 atom stereocenters. The number of nitrogens with two attached hydrogens (primary N) is 1. The third-order valence-electron chi connectivity index (χ3n) is 2.18. The van der Waals surface area contributed by atoms with Gasteiger partial charge in [-0.3, -0.25) is 4.79 Å². The summed E-state index contributed by atoms with van der Waals surface area (Å²) in [4.78, 5) is 13.3. The standard InChI is InChI=1S/C10H10BrN5O/c1-16-14-10(13-15-16)5-9(17)7-3-2-6(11)4-8(7)12/h2-4H,5,12H2,1H3. The van der Waals surface area contributed by atoms with E-state index in [0.29, 0.717) is 17.1 Å². The number of nitrogen functional groups attached to an aromatic ring is 1. The lowest BCUT2D eigenvalue weighted by Crippen LogP contribution is -2.08. The number of hydrogen-bond donors (Lipinski definition) is 1. The van der Waals surface area contributed by atoms with Gasteiger partial charge in [0.1, 0.15) is 0 Å². The Morgan fingerprint density at radius 3 is 2.88 bits per heavy atom. The number of nitrogens with zero attached hydrogens (tertiary/aromatic N) is 4. The summed E-state index contributed by atoms with van der Waals surface area (Å²) in [7, 11) is 1.65. The normalized spacial score (nSPS) is 10.5. The van der Waals surface area contributed by atoms with Gasteiger partial charge in [-0.05, 0) is 23.4 Å². The smallest absolute Gasteiger partial charge is 0.182 e. The number of aromatic nitrogens is 4. The van der Waals surface area contributed by atoms with Crippen molar-refractivity contribution in [2.75, 3.05) is 5.73 Å². The minimum Gasteiger partial charge on any atom is -0.398 e. The van der Waals surface area contributed by atoms with Gasteiger partial charge in [-0.15, -0.1) is 10.2 Å².